The summed E-state index contributed by atoms with van der Waals surface area (Å²) in [6.45, 7) is 9.35. The van der Waals surface area contributed by atoms with Gasteiger partial charge in [-0.2, -0.15) is 0 Å². The van der Waals surface area contributed by atoms with Crippen LogP contribution in [0.15, 0.2) is 29.3 Å². The number of ether oxygens (including phenoxy) is 2. The summed E-state index contributed by atoms with van der Waals surface area (Å²) in [6.07, 6.45) is 2.48. The van der Waals surface area contributed by atoms with Crippen molar-refractivity contribution in [2.75, 3.05) is 46.0 Å². The maximum Gasteiger partial charge on any atom is 0.194 e. The third kappa shape index (κ3) is 5.73. The van der Waals surface area contributed by atoms with Crippen LogP contribution in [0.2, 0.25) is 0 Å². The molecule has 0 bridgehead atoms. The number of hydrogen-bond acceptors (Lipinski definition) is 4. The summed E-state index contributed by atoms with van der Waals surface area (Å²) in [5, 5.41) is 13.3. The standard InChI is InChI=1S/C21H33N3O3.HI/c1-3-22-20(24-12-9-18(25)15-24)23-16-21(10-13-26-14-11-21)17-5-7-19(8-6-17)27-4-2;/h5-8,18,25H,3-4,9-16H2,1-2H3,(H,22,23);1H/t18-;/m1./s1. The van der Waals surface area contributed by atoms with Gasteiger partial charge in [0.15, 0.2) is 5.96 Å². The molecule has 0 aromatic heterocycles. The smallest absolute Gasteiger partial charge is 0.194 e. The number of nitrogens with zero attached hydrogens (tertiary/aromatic N) is 2. The molecule has 0 amide bonds. The van der Waals surface area contributed by atoms with Gasteiger partial charge >= 0.3 is 0 Å². The number of aliphatic hydroxyl groups is 1. The molecule has 1 aromatic rings. The summed E-state index contributed by atoms with van der Waals surface area (Å²) in [6, 6.07) is 8.47. The van der Waals surface area contributed by atoms with Gasteiger partial charge in [0.25, 0.3) is 0 Å². The summed E-state index contributed by atoms with van der Waals surface area (Å²) in [4.78, 5) is 7.16. The van der Waals surface area contributed by atoms with Crippen LogP contribution in [0.3, 0.4) is 0 Å². The topological polar surface area (TPSA) is 66.3 Å². The SMILES string of the molecule is CCNC(=NCC1(c2ccc(OCC)cc2)CCOCC1)N1CC[C@@H](O)C1.I. The minimum atomic E-state index is -0.253. The van der Waals surface area contributed by atoms with E-state index in [2.05, 4.69) is 41.4 Å². The third-order valence-corrected chi connectivity index (χ3v) is 5.56. The van der Waals surface area contributed by atoms with Crippen molar-refractivity contribution in [3.63, 3.8) is 0 Å². The lowest BCUT2D eigenvalue weighted by atomic mass is 9.74. The van der Waals surface area contributed by atoms with Gasteiger partial charge in [0.05, 0.1) is 19.3 Å². The summed E-state index contributed by atoms with van der Waals surface area (Å²) < 4.78 is 11.2. The van der Waals surface area contributed by atoms with Crippen LogP contribution >= 0.6 is 24.0 Å². The van der Waals surface area contributed by atoms with Gasteiger partial charge in [0.1, 0.15) is 5.75 Å². The number of halogens is 1. The van der Waals surface area contributed by atoms with Gasteiger partial charge in [0.2, 0.25) is 0 Å². The number of guanidine groups is 1. The van der Waals surface area contributed by atoms with Crippen molar-refractivity contribution in [2.45, 2.75) is 44.6 Å². The van der Waals surface area contributed by atoms with Crippen LogP contribution in [0.4, 0.5) is 0 Å². The monoisotopic (exact) mass is 503 g/mol. The van der Waals surface area contributed by atoms with Crippen LogP contribution in [-0.4, -0.2) is 68.1 Å². The van der Waals surface area contributed by atoms with E-state index in [-0.39, 0.29) is 35.5 Å². The van der Waals surface area contributed by atoms with Crippen molar-refractivity contribution in [3.05, 3.63) is 29.8 Å². The lowest BCUT2D eigenvalue weighted by Crippen LogP contribution is -2.43. The number of nitrogens with one attached hydrogen (secondary N) is 1. The summed E-state index contributed by atoms with van der Waals surface area (Å²) >= 11 is 0. The molecule has 7 heteroatoms. The number of aliphatic imine (C=N–C) groups is 1. The largest absolute Gasteiger partial charge is 0.494 e. The maximum atomic E-state index is 9.88. The molecule has 2 aliphatic heterocycles. The highest BCUT2D eigenvalue weighted by Crippen LogP contribution is 2.36. The lowest BCUT2D eigenvalue weighted by molar-refractivity contribution is 0.0530. The van der Waals surface area contributed by atoms with Crippen molar-refractivity contribution in [1.29, 1.82) is 0 Å². The predicted octanol–water partition coefficient (Wildman–Crippen LogP) is 2.78. The molecule has 0 spiro atoms. The second-order valence-corrected chi connectivity index (χ2v) is 7.41. The first-order chi connectivity index (χ1) is 13.2. The van der Waals surface area contributed by atoms with Crippen LogP contribution in [0.25, 0.3) is 0 Å². The Morgan fingerprint density at radius 2 is 2.00 bits per heavy atom. The molecule has 0 saturated carbocycles. The third-order valence-electron chi connectivity index (χ3n) is 5.56. The van der Waals surface area contributed by atoms with E-state index in [0.717, 1.165) is 63.8 Å². The van der Waals surface area contributed by atoms with Crippen molar-refractivity contribution in [1.82, 2.24) is 10.2 Å². The Labute approximate surface area is 185 Å². The van der Waals surface area contributed by atoms with Crippen molar-refractivity contribution in [3.8, 4) is 5.75 Å². The number of β-amino-alcohol motifs (C(OH)–C–C–N with tert-alkyl or cyclic N) is 1. The fourth-order valence-electron chi connectivity index (χ4n) is 3.96. The fourth-order valence-corrected chi connectivity index (χ4v) is 3.96. The normalized spacial score (nSPS) is 21.9. The Balaban J connectivity index is 0.00000280. The molecule has 2 N–H and O–H groups in total. The molecule has 1 aromatic carbocycles. The van der Waals surface area contributed by atoms with Crippen LogP contribution < -0.4 is 10.1 Å². The van der Waals surface area contributed by atoms with E-state index in [9.17, 15) is 5.11 Å². The van der Waals surface area contributed by atoms with Crippen LogP contribution in [-0.2, 0) is 10.2 Å². The summed E-state index contributed by atoms with van der Waals surface area (Å²) in [5.74, 6) is 1.82. The van der Waals surface area contributed by atoms with Gasteiger partial charge in [-0.25, -0.2) is 0 Å². The molecule has 3 rings (SSSR count). The minimum absolute atomic E-state index is 0. The first-order valence-corrected chi connectivity index (χ1v) is 10.2. The van der Waals surface area contributed by atoms with E-state index in [4.69, 9.17) is 14.5 Å². The fraction of sp³-hybridized carbons (Fsp3) is 0.667. The van der Waals surface area contributed by atoms with Crippen molar-refractivity contribution < 1.29 is 14.6 Å². The molecule has 1 atom stereocenters. The highest BCUT2D eigenvalue weighted by Gasteiger charge is 2.35. The van der Waals surface area contributed by atoms with Gasteiger partial charge in [-0.05, 0) is 50.8 Å². The van der Waals surface area contributed by atoms with E-state index in [0.29, 0.717) is 13.2 Å². The van der Waals surface area contributed by atoms with Gasteiger partial charge in [-0.1, -0.05) is 12.1 Å². The average Bonchev–Trinajstić information content (AvgIpc) is 3.13. The molecule has 2 fully saturated rings. The Morgan fingerprint density at radius 3 is 2.57 bits per heavy atom. The molecule has 2 heterocycles. The molecule has 2 saturated heterocycles. The molecule has 28 heavy (non-hydrogen) atoms. The number of likely N-dealkylation sites (tertiary alicyclic amines) is 1. The molecule has 0 radical (unpaired) electrons. The number of benzene rings is 1. The lowest BCUT2D eigenvalue weighted by Gasteiger charge is -2.37. The van der Waals surface area contributed by atoms with Crippen molar-refractivity contribution in [2.24, 2.45) is 4.99 Å². The maximum absolute atomic E-state index is 9.88. The minimum Gasteiger partial charge on any atom is -0.494 e. The first kappa shape index (κ1) is 23.2. The zero-order valence-electron chi connectivity index (χ0n) is 17.0. The van der Waals surface area contributed by atoms with Crippen LogP contribution in [0.1, 0.15) is 38.7 Å². The highest BCUT2D eigenvalue weighted by molar-refractivity contribution is 14.0. The first-order valence-electron chi connectivity index (χ1n) is 10.2. The van der Waals surface area contributed by atoms with E-state index >= 15 is 0 Å². The molecular formula is C21H34IN3O3. The Kier molecular flexibility index (Phi) is 9.30. The van der Waals surface area contributed by atoms with Crippen LogP contribution in [0, 0.1) is 0 Å². The molecule has 0 unspecified atom stereocenters. The average molecular weight is 503 g/mol. The summed E-state index contributed by atoms with van der Waals surface area (Å²) in [5.41, 5.74) is 1.29. The quantitative estimate of drug-likeness (QED) is 0.355. The second-order valence-electron chi connectivity index (χ2n) is 7.41. The molecule has 0 aliphatic carbocycles. The van der Waals surface area contributed by atoms with E-state index < -0.39 is 0 Å². The Morgan fingerprint density at radius 1 is 1.29 bits per heavy atom. The predicted molar refractivity (Wildman–Crippen MR) is 123 cm³/mol. The number of rotatable bonds is 6. The van der Waals surface area contributed by atoms with Gasteiger partial charge in [-0.3, -0.25) is 4.99 Å². The zero-order valence-corrected chi connectivity index (χ0v) is 19.4. The molecule has 158 valence electrons. The van der Waals surface area contributed by atoms with Gasteiger partial charge in [-0.15, -0.1) is 24.0 Å². The summed E-state index contributed by atoms with van der Waals surface area (Å²) in [7, 11) is 0. The van der Waals surface area contributed by atoms with E-state index in [1.54, 1.807) is 0 Å². The van der Waals surface area contributed by atoms with Crippen molar-refractivity contribution >= 4 is 29.9 Å². The molecular weight excluding hydrogens is 469 g/mol. The number of aliphatic hydroxyl groups excluding tert-OH is 1. The molecule has 2 aliphatic rings. The second kappa shape index (κ2) is 11.2. The Bertz CT molecular complexity index is 618. The van der Waals surface area contributed by atoms with Gasteiger partial charge in [0, 0.05) is 38.3 Å². The van der Waals surface area contributed by atoms with Crippen LogP contribution in [0.5, 0.6) is 5.75 Å². The van der Waals surface area contributed by atoms with E-state index in [1.165, 1.54) is 5.56 Å². The number of hydrogen-bond donors (Lipinski definition) is 2. The Hall–Kier alpha value is -1.06. The van der Waals surface area contributed by atoms with E-state index in [1.807, 2.05) is 6.92 Å². The highest BCUT2D eigenvalue weighted by atomic mass is 127. The van der Waals surface area contributed by atoms with Gasteiger partial charge < -0.3 is 24.8 Å². The zero-order chi connectivity index (χ0) is 19.1. The molecule has 6 nitrogen and oxygen atoms in total.